The number of anilines is 3. The van der Waals surface area contributed by atoms with Gasteiger partial charge in [-0.2, -0.15) is 0 Å². The number of furan rings is 2. The van der Waals surface area contributed by atoms with Gasteiger partial charge in [-0.15, -0.1) is 0 Å². The minimum atomic E-state index is -0.523. The van der Waals surface area contributed by atoms with Crippen LogP contribution in [0.5, 0.6) is 0 Å². The molecule has 2 heterocycles. The number of para-hydroxylation sites is 1. The van der Waals surface area contributed by atoms with Gasteiger partial charge in [0.05, 0.1) is 22.2 Å². The van der Waals surface area contributed by atoms with Crippen molar-refractivity contribution >= 4 is 60.9 Å². The molecule has 2 aromatic heterocycles. The van der Waals surface area contributed by atoms with Crippen LogP contribution < -0.4 is 4.90 Å². The summed E-state index contributed by atoms with van der Waals surface area (Å²) in [5, 5.41) is 4.35. The first-order valence-electron chi connectivity index (χ1n) is 21.2. The molecule has 0 aliphatic heterocycles. The number of hydrogen-bond acceptors (Lipinski definition) is 3. The van der Waals surface area contributed by atoms with Crippen molar-refractivity contribution < 1.29 is 8.83 Å². The second-order valence-corrected chi connectivity index (χ2v) is 17.2. The predicted molar refractivity (Wildman–Crippen MR) is 251 cm³/mol. The Balaban J connectivity index is 1.08. The van der Waals surface area contributed by atoms with Crippen molar-refractivity contribution in [3.63, 3.8) is 0 Å². The molecule has 61 heavy (non-hydrogen) atoms. The van der Waals surface area contributed by atoms with Gasteiger partial charge in [-0.3, -0.25) is 0 Å². The fourth-order valence-corrected chi connectivity index (χ4v) is 11.2. The van der Waals surface area contributed by atoms with Crippen molar-refractivity contribution in [2.24, 2.45) is 0 Å². The molecule has 0 fully saturated rings. The van der Waals surface area contributed by atoms with Gasteiger partial charge in [0.2, 0.25) is 0 Å². The van der Waals surface area contributed by atoms with E-state index in [2.05, 4.69) is 207 Å². The summed E-state index contributed by atoms with van der Waals surface area (Å²) in [6, 6.07) is 72.9. The van der Waals surface area contributed by atoms with Gasteiger partial charge in [-0.05, 0) is 104 Å². The van der Waals surface area contributed by atoms with Gasteiger partial charge in [0, 0.05) is 27.3 Å². The molecule has 0 bridgehead atoms. The van der Waals surface area contributed by atoms with Crippen LogP contribution in [0.2, 0.25) is 0 Å². The summed E-state index contributed by atoms with van der Waals surface area (Å²) in [5.41, 5.74) is 18.7. The van der Waals surface area contributed by atoms with E-state index in [4.69, 9.17) is 8.83 Å². The number of fused-ring (bicyclic) bond motifs is 12. The maximum atomic E-state index is 7.03. The SMILES string of the molecule is CC1(C)c2ccccc2-c2cccc(N(c3ccc4oc5ccccc5c4c3)c3cccc4oc5cc(C6(c7ccccc7)c7ccccc7-c7ccccc76)ccc5c34)c21. The van der Waals surface area contributed by atoms with E-state index in [0.717, 1.165) is 60.9 Å². The number of nitrogens with zero attached hydrogens (tertiary/aromatic N) is 1. The fraction of sp³-hybridized carbons (Fsp3) is 0.0690. The molecular weight excluding hydrogens is 743 g/mol. The maximum Gasteiger partial charge on any atom is 0.137 e. The zero-order valence-electron chi connectivity index (χ0n) is 33.8. The van der Waals surface area contributed by atoms with Crippen molar-refractivity contribution in [3.8, 4) is 22.3 Å². The Bertz CT molecular complexity index is 3540. The summed E-state index contributed by atoms with van der Waals surface area (Å²) in [6.07, 6.45) is 0. The van der Waals surface area contributed by atoms with Gasteiger partial charge < -0.3 is 13.7 Å². The third-order valence-electron chi connectivity index (χ3n) is 13.7. The Morgan fingerprint density at radius 3 is 1.75 bits per heavy atom. The molecule has 2 aliphatic carbocycles. The number of benzene rings is 9. The Morgan fingerprint density at radius 1 is 0.377 bits per heavy atom. The molecule has 288 valence electrons. The minimum absolute atomic E-state index is 0.242. The molecule has 0 amide bonds. The largest absolute Gasteiger partial charge is 0.456 e. The molecule has 0 saturated heterocycles. The molecular formula is C58H39NO2. The van der Waals surface area contributed by atoms with Gasteiger partial charge >= 0.3 is 0 Å². The van der Waals surface area contributed by atoms with Gasteiger partial charge in [0.25, 0.3) is 0 Å². The van der Waals surface area contributed by atoms with Gasteiger partial charge in [-0.1, -0.05) is 166 Å². The van der Waals surface area contributed by atoms with Crippen LogP contribution in [-0.2, 0) is 10.8 Å². The average Bonchev–Trinajstić information content (AvgIpc) is 4.03. The quantitative estimate of drug-likeness (QED) is 0.174. The van der Waals surface area contributed by atoms with Crippen LogP contribution in [0.3, 0.4) is 0 Å². The third-order valence-corrected chi connectivity index (χ3v) is 13.7. The molecule has 2 aliphatic rings. The highest BCUT2D eigenvalue weighted by Gasteiger charge is 2.46. The molecule has 0 spiro atoms. The van der Waals surface area contributed by atoms with Crippen molar-refractivity contribution in [2.75, 3.05) is 4.90 Å². The number of hydrogen-bond donors (Lipinski definition) is 0. The minimum Gasteiger partial charge on any atom is -0.456 e. The summed E-state index contributed by atoms with van der Waals surface area (Å²) in [7, 11) is 0. The van der Waals surface area contributed by atoms with E-state index in [9.17, 15) is 0 Å². The van der Waals surface area contributed by atoms with Gasteiger partial charge in [0.15, 0.2) is 0 Å². The van der Waals surface area contributed by atoms with Gasteiger partial charge in [0.1, 0.15) is 22.3 Å². The monoisotopic (exact) mass is 781 g/mol. The van der Waals surface area contributed by atoms with Crippen LogP contribution in [0.15, 0.2) is 209 Å². The Hall–Kier alpha value is -7.62. The first-order valence-corrected chi connectivity index (χ1v) is 21.2. The van der Waals surface area contributed by atoms with E-state index in [1.807, 2.05) is 12.1 Å². The molecule has 0 saturated carbocycles. The molecule has 13 rings (SSSR count). The lowest BCUT2D eigenvalue weighted by Crippen LogP contribution is -2.28. The standard InChI is InChI=1S/C58H39NO2/c1-57(2)46-23-10-6-20-41(46)43-22-14-27-50(56(43)57)59(38-31-33-52-45(35-38)42-21-9-13-28-51(42)60-52)49-26-15-29-53-55(49)44-32-30-37(34-54(44)61-53)58(36-16-4-3-5-17-36)47-24-11-7-18-39(47)40-19-8-12-25-48(40)58/h3-35H,1-2H3. The molecule has 11 aromatic rings. The third kappa shape index (κ3) is 4.58. The van der Waals surface area contributed by atoms with Crippen LogP contribution in [-0.4, -0.2) is 0 Å². The Kier molecular flexibility index (Phi) is 6.99. The zero-order chi connectivity index (χ0) is 40.5. The number of rotatable bonds is 5. The second kappa shape index (κ2) is 12.5. The van der Waals surface area contributed by atoms with Crippen LogP contribution in [0.25, 0.3) is 66.1 Å². The predicted octanol–water partition coefficient (Wildman–Crippen LogP) is 15.6. The van der Waals surface area contributed by atoms with Gasteiger partial charge in [-0.25, -0.2) is 0 Å². The molecule has 0 radical (unpaired) electrons. The van der Waals surface area contributed by atoms with Crippen LogP contribution in [0, 0.1) is 0 Å². The van der Waals surface area contributed by atoms with Crippen LogP contribution >= 0.6 is 0 Å². The first kappa shape index (κ1) is 34.3. The maximum absolute atomic E-state index is 7.03. The van der Waals surface area contributed by atoms with E-state index in [1.165, 1.54) is 55.6 Å². The van der Waals surface area contributed by atoms with E-state index < -0.39 is 5.41 Å². The highest BCUT2D eigenvalue weighted by Crippen LogP contribution is 2.58. The zero-order valence-corrected chi connectivity index (χ0v) is 33.8. The van der Waals surface area contributed by atoms with Crippen molar-refractivity contribution in [1.29, 1.82) is 0 Å². The lowest BCUT2D eigenvalue weighted by atomic mass is 9.67. The van der Waals surface area contributed by atoms with Crippen molar-refractivity contribution in [2.45, 2.75) is 24.7 Å². The summed E-state index contributed by atoms with van der Waals surface area (Å²) >= 11 is 0. The summed E-state index contributed by atoms with van der Waals surface area (Å²) in [6.45, 7) is 4.73. The summed E-state index contributed by atoms with van der Waals surface area (Å²) in [5.74, 6) is 0. The second-order valence-electron chi connectivity index (χ2n) is 17.2. The molecule has 0 atom stereocenters. The molecule has 0 N–H and O–H groups in total. The lowest BCUT2D eigenvalue weighted by Gasteiger charge is -2.33. The average molecular weight is 782 g/mol. The van der Waals surface area contributed by atoms with Crippen molar-refractivity contribution in [3.05, 3.63) is 234 Å². The lowest BCUT2D eigenvalue weighted by molar-refractivity contribution is 0.660. The molecule has 0 unspecified atom stereocenters. The highest BCUT2D eigenvalue weighted by atomic mass is 16.3. The smallest absolute Gasteiger partial charge is 0.137 e. The fourth-order valence-electron chi connectivity index (χ4n) is 11.2. The summed E-state index contributed by atoms with van der Waals surface area (Å²) in [4.78, 5) is 2.47. The molecule has 9 aromatic carbocycles. The van der Waals surface area contributed by atoms with E-state index >= 15 is 0 Å². The van der Waals surface area contributed by atoms with E-state index in [1.54, 1.807) is 0 Å². The molecule has 3 heteroatoms. The summed E-state index contributed by atoms with van der Waals surface area (Å²) < 4.78 is 13.4. The van der Waals surface area contributed by atoms with E-state index in [-0.39, 0.29) is 5.41 Å². The van der Waals surface area contributed by atoms with Crippen molar-refractivity contribution in [1.82, 2.24) is 0 Å². The topological polar surface area (TPSA) is 29.5 Å². The Morgan fingerprint density at radius 2 is 0.967 bits per heavy atom. The normalized spacial score (nSPS) is 14.3. The Labute approximate surface area is 353 Å². The highest BCUT2D eigenvalue weighted by molar-refractivity contribution is 6.15. The van der Waals surface area contributed by atoms with Crippen LogP contribution in [0.1, 0.15) is 47.2 Å². The van der Waals surface area contributed by atoms with Crippen LogP contribution in [0.4, 0.5) is 17.1 Å². The van der Waals surface area contributed by atoms with E-state index in [0.29, 0.717) is 0 Å². The first-order chi connectivity index (χ1) is 30.0. The molecule has 3 nitrogen and oxygen atoms in total.